The number of carbonyl (C=O) groups excluding carboxylic acids is 1. The van der Waals surface area contributed by atoms with Gasteiger partial charge in [-0.15, -0.1) is 10.2 Å². The fourth-order valence-corrected chi connectivity index (χ4v) is 4.55. The van der Waals surface area contributed by atoms with Gasteiger partial charge < -0.3 is 18.9 Å². The second kappa shape index (κ2) is 8.79. The summed E-state index contributed by atoms with van der Waals surface area (Å²) >= 11 is 1.42. The van der Waals surface area contributed by atoms with Crippen molar-refractivity contribution in [3.63, 3.8) is 0 Å². The molecule has 30 heavy (non-hydrogen) atoms. The third kappa shape index (κ3) is 3.75. The number of aromatic nitrogens is 3. The van der Waals surface area contributed by atoms with Gasteiger partial charge in [0.1, 0.15) is 0 Å². The van der Waals surface area contributed by atoms with Gasteiger partial charge in [0.15, 0.2) is 22.5 Å². The van der Waals surface area contributed by atoms with Crippen molar-refractivity contribution in [3.05, 3.63) is 48.0 Å². The lowest BCUT2D eigenvalue weighted by Gasteiger charge is -2.17. The van der Waals surface area contributed by atoms with Crippen LogP contribution in [0, 0.1) is 0 Å². The third-order valence-corrected chi connectivity index (χ3v) is 6.14. The molecule has 3 aromatic rings. The molecule has 0 radical (unpaired) electrons. The molecule has 7 nitrogen and oxygen atoms in total. The molecule has 0 saturated carbocycles. The number of methoxy groups -OCH3 is 2. The van der Waals surface area contributed by atoms with Crippen LogP contribution >= 0.6 is 11.8 Å². The highest BCUT2D eigenvalue weighted by molar-refractivity contribution is 7.99. The van der Waals surface area contributed by atoms with Crippen LogP contribution in [-0.4, -0.2) is 47.2 Å². The summed E-state index contributed by atoms with van der Waals surface area (Å²) in [6.07, 6.45) is 0.904. The number of rotatable bonds is 7. The highest BCUT2D eigenvalue weighted by atomic mass is 32.2. The summed E-state index contributed by atoms with van der Waals surface area (Å²) in [4.78, 5) is 14.7. The van der Waals surface area contributed by atoms with E-state index in [0.717, 1.165) is 35.2 Å². The van der Waals surface area contributed by atoms with Gasteiger partial charge in [-0.2, -0.15) is 0 Å². The molecule has 8 heteroatoms. The Balaban J connectivity index is 1.51. The number of thioether (sulfide) groups is 1. The minimum atomic E-state index is 0.0864. The van der Waals surface area contributed by atoms with Crippen LogP contribution < -0.4 is 14.4 Å². The first-order valence-corrected chi connectivity index (χ1v) is 10.8. The number of fused-ring (bicyclic) bond motifs is 1. The molecule has 1 amide bonds. The number of hydrogen-bond acceptors (Lipinski definition) is 6. The summed E-state index contributed by atoms with van der Waals surface area (Å²) < 4.78 is 12.7. The van der Waals surface area contributed by atoms with Gasteiger partial charge in [0.05, 0.1) is 20.0 Å². The van der Waals surface area contributed by atoms with Crippen molar-refractivity contribution in [1.82, 2.24) is 14.8 Å². The van der Waals surface area contributed by atoms with Crippen LogP contribution in [0.4, 0.5) is 5.69 Å². The Morgan fingerprint density at radius 3 is 2.67 bits per heavy atom. The van der Waals surface area contributed by atoms with E-state index in [1.54, 1.807) is 14.2 Å². The van der Waals surface area contributed by atoms with E-state index in [9.17, 15) is 4.79 Å². The molecule has 2 heterocycles. The molecule has 0 aliphatic carbocycles. The summed E-state index contributed by atoms with van der Waals surface area (Å²) in [6.45, 7) is 3.46. The maximum atomic E-state index is 12.8. The molecule has 0 fully saturated rings. The largest absolute Gasteiger partial charge is 0.493 e. The second-order valence-corrected chi connectivity index (χ2v) is 7.78. The Hall–Kier alpha value is -3.00. The number of hydrogen-bond donors (Lipinski definition) is 0. The molecular weight excluding hydrogens is 400 g/mol. The average molecular weight is 425 g/mol. The monoisotopic (exact) mass is 424 g/mol. The summed E-state index contributed by atoms with van der Waals surface area (Å²) in [5.74, 6) is 2.44. The van der Waals surface area contributed by atoms with Gasteiger partial charge in [0.2, 0.25) is 5.91 Å². The predicted molar refractivity (Wildman–Crippen MR) is 117 cm³/mol. The van der Waals surface area contributed by atoms with Crippen LogP contribution in [0.5, 0.6) is 11.5 Å². The summed E-state index contributed by atoms with van der Waals surface area (Å²) in [5, 5.41) is 9.43. The zero-order valence-electron chi connectivity index (χ0n) is 17.3. The topological polar surface area (TPSA) is 69.5 Å². The van der Waals surface area contributed by atoms with Crippen LogP contribution in [0.15, 0.2) is 47.6 Å². The van der Waals surface area contributed by atoms with Crippen molar-refractivity contribution in [2.45, 2.75) is 25.0 Å². The highest BCUT2D eigenvalue weighted by Crippen LogP contribution is 2.33. The first kappa shape index (κ1) is 20.3. The fourth-order valence-electron chi connectivity index (χ4n) is 3.67. The van der Waals surface area contributed by atoms with E-state index in [4.69, 9.17) is 9.47 Å². The Bertz CT molecular complexity index is 1070. The highest BCUT2D eigenvalue weighted by Gasteiger charge is 2.25. The molecule has 1 aliphatic rings. The maximum Gasteiger partial charge on any atom is 0.237 e. The van der Waals surface area contributed by atoms with Gasteiger partial charge in [-0.05, 0) is 43.2 Å². The number of amides is 1. The molecule has 4 rings (SSSR count). The molecule has 2 aromatic carbocycles. The minimum absolute atomic E-state index is 0.0864. The molecule has 0 unspecified atom stereocenters. The zero-order valence-corrected chi connectivity index (χ0v) is 18.1. The third-order valence-electron chi connectivity index (χ3n) is 5.19. The van der Waals surface area contributed by atoms with Crippen LogP contribution in [-0.2, 0) is 17.8 Å². The van der Waals surface area contributed by atoms with Crippen LogP contribution in [0.3, 0.4) is 0 Å². The number of ether oxygens (including phenoxy) is 2. The number of anilines is 1. The Labute approximate surface area is 180 Å². The number of para-hydroxylation sites is 1. The van der Waals surface area contributed by atoms with E-state index in [2.05, 4.69) is 16.3 Å². The van der Waals surface area contributed by atoms with Crippen LogP contribution in [0.1, 0.15) is 12.5 Å². The molecule has 156 valence electrons. The molecule has 0 atom stereocenters. The lowest BCUT2D eigenvalue weighted by Crippen LogP contribution is -2.30. The Morgan fingerprint density at radius 2 is 1.90 bits per heavy atom. The van der Waals surface area contributed by atoms with Gasteiger partial charge in [0, 0.05) is 24.3 Å². The van der Waals surface area contributed by atoms with Gasteiger partial charge in [0.25, 0.3) is 0 Å². The van der Waals surface area contributed by atoms with Crippen molar-refractivity contribution in [1.29, 1.82) is 0 Å². The predicted octanol–water partition coefficient (Wildman–Crippen LogP) is 3.66. The lowest BCUT2D eigenvalue weighted by atomic mass is 10.2. The van der Waals surface area contributed by atoms with Crippen molar-refractivity contribution in [2.75, 3.05) is 31.4 Å². The normalized spacial score (nSPS) is 12.7. The Morgan fingerprint density at radius 1 is 1.10 bits per heavy atom. The first-order valence-electron chi connectivity index (χ1n) is 9.83. The van der Waals surface area contributed by atoms with E-state index in [0.29, 0.717) is 23.8 Å². The average Bonchev–Trinajstić information content (AvgIpc) is 3.40. The molecule has 0 N–H and O–H groups in total. The van der Waals surface area contributed by atoms with Crippen molar-refractivity contribution in [2.24, 2.45) is 0 Å². The van der Waals surface area contributed by atoms with E-state index >= 15 is 0 Å². The van der Waals surface area contributed by atoms with Crippen LogP contribution in [0.25, 0.3) is 11.4 Å². The van der Waals surface area contributed by atoms with E-state index in [1.165, 1.54) is 17.3 Å². The number of nitrogens with zero attached hydrogens (tertiary/aromatic N) is 4. The van der Waals surface area contributed by atoms with Crippen molar-refractivity contribution >= 4 is 23.4 Å². The van der Waals surface area contributed by atoms with E-state index in [1.807, 2.05) is 52.8 Å². The van der Waals surface area contributed by atoms with Crippen LogP contribution in [0.2, 0.25) is 0 Å². The lowest BCUT2D eigenvalue weighted by molar-refractivity contribution is -0.116. The van der Waals surface area contributed by atoms with Gasteiger partial charge in [-0.25, -0.2) is 0 Å². The molecular formula is C22H24N4O3S. The molecule has 0 bridgehead atoms. The summed E-state index contributed by atoms with van der Waals surface area (Å²) in [7, 11) is 3.21. The van der Waals surface area contributed by atoms with E-state index < -0.39 is 0 Å². The molecule has 1 aliphatic heterocycles. The van der Waals surface area contributed by atoms with Gasteiger partial charge in [-0.1, -0.05) is 30.0 Å². The zero-order chi connectivity index (χ0) is 21.1. The molecule has 1 aromatic heterocycles. The standard InChI is InChI=1S/C22H24N4O3S/c1-4-25-21(16-9-10-18(28-2)19(13-16)29-3)23-24-22(25)30-14-20(27)26-12-11-15-7-5-6-8-17(15)26/h5-10,13H,4,11-12,14H2,1-3H3. The quantitative estimate of drug-likeness (QED) is 0.539. The second-order valence-electron chi connectivity index (χ2n) is 6.83. The SMILES string of the molecule is CCn1c(SCC(=O)N2CCc3ccccc32)nnc1-c1ccc(OC)c(OC)c1. The number of benzene rings is 2. The Kier molecular flexibility index (Phi) is 5.94. The summed E-state index contributed by atoms with van der Waals surface area (Å²) in [6, 6.07) is 13.7. The van der Waals surface area contributed by atoms with Gasteiger partial charge >= 0.3 is 0 Å². The maximum absolute atomic E-state index is 12.8. The molecule has 0 saturated heterocycles. The summed E-state index contributed by atoms with van der Waals surface area (Å²) in [5.41, 5.74) is 3.13. The van der Waals surface area contributed by atoms with E-state index in [-0.39, 0.29) is 5.91 Å². The van der Waals surface area contributed by atoms with Crippen molar-refractivity contribution < 1.29 is 14.3 Å². The smallest absolute Gasteiger partial charge is 0.237 e. The fraction of sp³-hybridized carbons (Fsp3) is 0.318. The molecule has 0 spiro atoms. The number of carbonyl (C=O) groups is 1. The first-order chi connectivity index (χ1) is 14.7. The minimum Gasteiger partial charge on any atom is -0.493 e. The van der Waals surface area contributed by atoms with Crippen molar-refractivity contribution in [3.8, 4) is 22.9 Å². The van der Waals surface area contributed by atoms with Gasteiger partial charge in [-0.3, -0.25) is 4.79 Å².